The van der Waals surface area contributed by atoms with E-state index in [1.54, 1.807) is 0 Å². The van der Waals surface area contributed by atoms with Gasteiger partial charge in [0.05, 0.1) is 6.10 Å². The van der Waals surface area contributed by atoms with E-state index in [2.05, 4.69) is 47.7 Å². The van der Waals surface area contributed by atoms with Crippen molar-refractivity contribution in [3.05, 3.63) is 30.1 Å². The van der Waals surface area contributed by atoms with Gasteiger partial charge in [-0.3, -0.25) is 9.88 Å². The molecule has 1 aromatic heterocycles. The van der Waals surface area contributed by atoms with Crippen LogP contribution in [0.3, 0.4) is 0 Å². The van der Waals surface area contributed by atoms with E-state index in [1.807, 2.05) is 12.4 Å². The highest BCUT2D eigenvalue weighted by atomic mass is 16.3. The number of hydrogen-bond acceptors (Lipinski definition) is 4. The first kappa shape index (κ1) is 16.4. The van der Waals surface area contributed by atoms with Crippen LogP contribution in [-0.4, -0.2) is 65.3 Å². The molecule has 0 saturated carbocycles. The van der Waals surface area contributed by atoms with Crippen LogP contribution in [0, 0.1) is 5.41 Å². The van der Waals surface area contributed by atoms with Crippen molar-refractivity contribution in [3.63, 3.8) is 0 Å². The Labute approximate surface area is 128 Å². The summed E-state index contributed by atoms with van der Waals surface area (Å²) in [7, 11) is 0. The van der Waals surface area contributed by atoms with Crippen LogP contribution in [0.4, 0.5) is 0 Å². The molecule has 1 N–H and O–H groups in total. The maximum Gasteiger partial charge on any atom is 0.0715 e. The summed E-state index contributed by atoms with van der Waals surface area (Å²) in [5, 5.41) is 10.2. The number of nitrogens with zero attached hydrogens (tertiary/aromatic N) is 3. The summed E-state index contributed by atoms with van der Waals surface area (Å²) in [5.74, 6) is 0. The molecule has 1 atom stereocenters. The fraction of sp³-hybridized carbons (Fsp3) is 0.706. The van der Waals surface area contributed by atoms with Crippen LogP contribution in [0.1, 0.15) is 26.3 Å². The lowest BCUT2D eigenvalue weighted by atomic mass is 9.89. The molecule has 0 spiro atoms. The summed E-state index contributed by atoms with van der Waals surface area (Å²) < 4.78 is 0. The summed E-state index contributed by atoms with van der Waals surface area (Å²) in [6.45, 7) is 12.5. The smallest absolute Gasteiger partial charge is 0.0715 e. The molecule has 1 aromatic rings. The molecule has 0 aromatic carbocycles. The molecule has 4 heteroatoms. The van der Waals surface area contributed by atoms with Gasteiger partial charge in [0.25, 0.3) is 0 Å². The van der Waals surface area contributed by atoms with Crippen LogP contribution in [0.2, 0.25) is 0 Å². The van der Waals surface area contributed by atoms with E-state index >= 15 is 0 Å². The molecule has 1 saturated heterocycles. The molecule has 0 aliphatic carbocycles. The lowest BCUT2D eigenvalue weighted by Gasteiger charge is -2.38. The van der Waals surface area contributed by atoms with Crippen LogP contribution in [-0.2, 0) is 6.42 Å². The van der Waals surface area contributed by atoms with Gasteiger partial charge in [-0.25, -0.2) is 0 Å². The second kappa shape index (κ2) is 7.34. The molecule has 21 heavy (non-hydrogen) atoms. The van der Waals surface area contributed by atoms with Gasteiger partial charge in [-0.15, -0.1) is 0 Å². The van der Waals surface area contributed by atoms with E-state index in [4.69, 9.17) is 0 Å². The van der Waals surface area contributed by atoms with Gasteiger partial charge < -0.3 is 10.0 Å². The molecule has 0 bridgehead atoms. The number of aliphatic hydroxyl groups is 1. The Balaban J connectivity index is 1.69. The Hall–Kier alpha value is -0.970. The number of aliphatic hydroxyl groups excluding tert-OH is 1. The van der Waals surface area contributed by atoms with E-state index in [0.29, 0.717) is 0 Å². The SMILES string of the molecule is CC(C)(C)C(O)CN1CCN(CCc2ccncc2)CC1. The Bertz CT molecular complexity index is 408. The molecular formula is C17H29N3O. The minimum absolute atomic E-state index is 0.0293. The maximum atomic E-state index is 10.2. The van der Waals surface area contributed by atoms with Gasteiger partial charge in [-0.1, -0.05) is 20.8 Å². The highest BCUT2D eigenvalue weighted by Gasteiger charge is 2.26. The van der Waals surface area contributed by atoms with Crippen molar-refractivity contribution in [2.45, 2.75) is 33.3 Å². The van der Waals surface area contributed by atoms with Gasteiger partial charge in [0.15, 0.2) is 0 Å². The zero-order chi connectivity index (χ0) is 15.3. The molecular weight excluding hydrogens is 262 g/mol. The molecule has 1 aliphatic rings. The number of pyridine rings is 1. The number of β-amino-alcohol motifs (C(OH)–C–C–N with tert-alkyl or cyclic N) is 1. The monoisotopic (exact) mass is 291 g/mol. The minimum Gasteiger partial charge on any atom is -0.391 e. The average Bonchev–Trinajstić information content (AvgIpc) is 2.46. The van der Waals surface area contributed by atoms with E-state index in [1.165, 1.54) is 5.56 Å². The van der Waals surface area contributed by atoms with Crippen LogP contribution in [0.15, 0.2) is 24.5 Å². The fourth-order valence-electron chi connectivity index (χ4n) is 2.55. The second-order valence-electron chi connectivity index (χ2n) is 7.13. The molecule has 0 radical (unpaired) electrons. The van der Waals surface area contributed by atoms with Crippen molar-refractivity contribution >= 4 is 0 Å². The standard InChI is InChI=1S/C17H29N3O/c1-17(2,3)16(21)14-20-12-10-19(11-13-20)9-6-15-4-7-18-8-5-15/h4-5,7-8,16,21H,6,9-14H2,1-3H3. The summed E-state index contributed by atoms with van der Waals surface area (Å²) >= 11 is 0. The molecule has 2 rings (SSSR count). The highest BCUT2D eigenvalue weighted by Crippen LogP contribution is 2.20. The van der Waals surface area contributed by atoms with Gasteiger partial charge in [-0.05, 0) is 29.5 Å². The first-order chi connectivity index (χ1) is 9.95. The second-order valence-corrected chi connectivity index (χ2v) is 7.13. The topological polar surface area (TPSA) is 39.6 Å². The number of hydrogen-bond donors (Lipinski definition) is 1. The Kier molecular flexibility index (Phi) is 5.73. The maximum absolute atomic E-state index is 10.2. The number of piperazine rings is 1. The quantitative estimate of drug-likeness (QED) is 0.895. The van der Waals surface area contributed by atoms with Crippen LogP contribution in [0.5, 0.6) is 0 Å². The first-order valence-corrected chi connectivity index (χ1v) is 7.97. The van der Waals surface area contributed by atoms with Gasteiger partial charge in [0.2, 0.25) is 0 Å². The molecule has 2 heterocycles. The van der Waals surface area contributed by atoms with Crippen molar-refractivity contribution in [3.8, 4) is 0 Å². The number of aromatic nitrogens is 1. The van der Waals surface area contributed by atoms with Gasteiger partial charge in [-0.2, -0.15) is 0 Å². The third-order valence-corrected chi connectivity index (χ3v) is 4.36. The molecule has 1 unspecified atom stereocenters. The summed E-state index contributed by atoms with van der Waals surface area (Å²) in [6, 6.07) is 4.19. The zero-order valence-corrected chi connectivity index (χ0v) is 13.6. The summed E-state index contributed by atoms with van der Waals surface area (Å²) in [4.78, 5) is 8.96. The lowest BCUT2D eigenvalue weighted by Crippen LogP contribution is -2.50. The molecule has 0 amide bonds. The van der Waals surface area contributed by atoms with E-state index in [-0.39, 0.29) is 11.5 Å². The summed E-state index contributed by atoms with van der Waals surface area (Å²) in [5.41, 5.74) is 1.33. The first-order valence-electron chi connectivity index (χ1n) is 7.97. The fourth-order valence-corrected chi connectivity index (χ4v) is 2.55. The Morgan fingerprint density at radius 3 is 2.24 bits per heavy atom. The summed E-state index contributed by atoms with van der Waals surface area (Å²) in [6.07, 6.45) is 4.57. The van der Waals surface area contributed by atoms with Crippen LogP contribution < -0.4 is 0 Å². The van der Waals surface area contributed by atoms with Gasteiger partial charge in [0, 0.05) is 51.7 Å². The normalized spacial score (nSPS) is 19.6. The van der Waals surface area contributed by atoms with Crippen molar-refractivity contribution in [1.29, 1.82) is 0 Å². The minimum atomic E-state index is -0.249. The molecule has 1 aliphatic heterocycles. The van der Waals surface area contributed by atoms with Crippen molar-refractivity contribution in [2.24, 2.45) is 5.41 Å². The highest BCUT2D eigenvalue weighted by molar-refractivity contribution is 5.09. The Morgan fingerprint density at radius 1 is 1.10 bits per heavy atom. The number of rotatable bonds is 5. The van der Waals surface area contributed by atoms with Gasteiger partial charge >= 0.3 is 0 Å². The third kappa shape index (κ3) is 5.38. The third-order valence-electron chi connectivity index (χ3n) is 4.36. The van der Waals surface area contributed by atoms with Crippen molar-refractivity contribution in [2.75, 3.05) is 39.3 Å². The lowest BCUT2D eigenvalue weighted by molar-refractivity contribution is 0.0136. The van der Waals surface area contributed by atoms with Crippen LogP contribution >= 0.6 is 0 Å². The predicted molar refractivity (Wildman–Crippen MR) is 86.3 cm³/mol. The van der Waals surface area contributed by atoms with Gasteiger partial charge in [0.1, 0.15) is 0 Å². The Morgan fingerprint density at radius 2 is 1.67 bits per heavy atom. The van der Waals surface area contributed by atoms with Crippen molar-refractivity contribution < 1.29 is 5.11 Å². The average molecular weight is 291 g/mol. The van der Waals surface area contributed by atoms with Crippen LogP contribution in [0.25, 0.3) is 0 Å². The van der Waals surface area contributed by atoms with E-state index in [9.17, 15) is 5.11 Å². The zero-order valence-electron chi connectivity index (χ0n) is 13.6. The molecule has 4 nitrogen and oxygen atoms in total. The molecule has 118 valence electrons. The van der Waals surface area contributed by atoms with Crippen molar-refractivity contribution in [1.82, 2.24) is 14.8 Å². The van der Waals surface area contributed by atoms with E-state index in [0.717, 1.165) is 45.7 Å². The predicted octanol–water partition coefficient (Wildman–Crippen LogP) is 1.65. The largest absolute Gasteiger partial charge is 0.391 e. The van der Waals surface area contributed by atoms with E-state index < -0.39 is 0 Å². The molecule has 1 fully saturated rings.